The number of rotatable bonds is 5. The molecule has 1 fully saturated rings. The maximum Gasteiger partial charge on any atom is 0.137 e. The molecule has 3 nitrogen and oxygen atoms in total. The van der Waals surface area contributed by atoms with Crippen molar-refractivity contribution in [3.05, 3.63) is 18.2 Å². The van der Waals surface area contributed by atoms with Crippen molar-refractivity contribution in [2.24, 2.45) is 5.92 Å². The largest absolute Gasteiger partial charge is 0.371 e. The van der Waals surface area contributed by atoms with Gasteiger partial charge in [-0.05, 0) is 32.6 Å². The van der Waals surface area contributed by atoms with E-state index in [1.807, 2.05) is 13.1 Å². The predicted octanol–water partition coefficient (Wildman–Crippen LogP) is 2.78. The van der Waals surface area contributed by atoms with Crippen LogP contribution in [0.25, 0.3) is 0 Å². The second-order valence-electron chi connectivity index (χ2n) is 4.33. The lowest BCUT2D eigenvalue weighted by atomic mass is 9.85. The van der Waals surface area contributed by atoms with Crippen molar-refractivity contribution in [1.82, 2.24) is 9.55 Å². The van der Waals surface area contributed by atoms with Crippen LogP contribution in [0.4, 0.5) is 0 Å². The van der Waals surface area contributed by atoms with Crippen molar-refractivity contribution in [1.29, 1.82) is 0 Å². The topological polar surface area (TPSA) is 27.1 Å². The Balaban J connectivity index is 2.00. The first kappa shape index (κ1) is 10.7. The van der Waals surface area contributed by atoms with Crippen molar-refractivity contribution < 1.29 is 4.74 Å². The van der Waals surface area contributed by atoms with Gasteiger partial charge in [0.2, 0.25) is 0 Å². The van der Waals surface area contributed by atoms with Gasteiger partial charge in [-0.1, -0.05) is 6.42 Å². The van der Waals surface area contributed by atoms with E-state index in [4.69, 9.17) is 4.74 Å². The highest BCUT2D eigenvalue weighted by Gasteiger charge is 2.20. The van der Waals surface area contributed by atoms with Gasteiger partial charge in [-0.2, -0.15) is 0 Å². The minimum atomic E-state index is 0.116. The molecule has 0 aromatic carbocycles. The first-order valence-corrected chi connectivity index (χ1v) is 5.94. The molecule has 1 aromatic heterocycles. The molecule has 3 heteroatoms. The van der Waals surface area contributed by atoms with E-state index in [9.17, 15) is 0 Å². The second kappa shape index (κ2) is 4.79. The summed E-state index contributed by atoms with van der Waals surface area (Å²) < 4.78 is 7.83. The van der Waals surface area contributed by atoms with E-state index in [2.05, 4.69) is 22.7 Å². The molecular weight excluding hydrogens is 188 g/mol. The number of nitrogens with zero attached hydrogens (tertiary/aromatic N) is 2. The molecule has 0 bridgehead atoms. The summed E-state index contributed by atoms with van der Waals surface area (Å²) in [7, 11) is 0. The van der Waals surface area contributed by atoms with Crippen molar-refractivity contribution in [2.45, 2.75) is 45.8 Å². The summed E-state index contributed by atoms with van der Waals surface area (Å²) in [5.41, 5.74) is 0. The zero-order valence-corrected chi connectivity index (χ0v) is 9.65. The molecular formula is C12H20N2O. The molecule has 1 aliphatic carbocycles. The summed E-state index contributed by atoms with van der Waals surface area (Å²) in [6.45, 7) is 5.96. The van der Waals surface area contributed by atoms with Crippen molar-refractivity contribution in [3.63, 3.8) is 0 Å². The molecule has 1 heterocycles. The zero-order valence-electron chi connectivity index (χ0n) is 9.65. The van der Waals surface area contributed by atoms with Crippen LogP contribution in [0.2, 0.25) is 0 Å². The average molecular weight is 208 g/mol. The molecule has 0 aliphatic heterocycles. The molecule has 0 amide bonds. The Hall–Kier alpha value is -0.830. The number of hydrogen-bond acceptors (Lipinski definition) is 2. The summed E-state index contributed by atoms with van der Waals surface area (Å²) in [5.74, 6) is 1.94. The molecule has 1 atom stereocenters. The van der Waals surface area contributed by atoms with Crippen molar-refractivity contribution >= 4 is 0 Å². The summed E-state index contributed by atoms with van der Waals surface area (Å²) >= 11 is 0. The van der Waals surface area contributed by atoms with Gasteiger partial charge >= 0.3 is 0 Å². The van der Waals surface area contributed by atoms with E-state index in [-0.39, 0.29) is 6.10 Å². The van der Waals surface area contributed by atoms with Gasteiger partial charge in [-0.25, -0.2) is 4.98 Å². The Bertz CT molecular complexity index is 304. The van der Waals surface area contributed by atoms with Crippen LogP contribution in [0.3, 0.4) is 0 Å². The van der Waals surface area contributed by atoms with E-state index >= 15 is 0 Å². The highest BCUT2D eigenvalue weighted by atomic mass is 16.5. The van der Waals surface area contributed by atoms with E-state index < -0.39 is 0 Å². The lowest BCUT2D eigenvalue weighted by molar-refractivity contribution is 0.0661. The van der Waals surface area contributed by atoms with E-state index in [0.717, 1.165) is 24.9 Å². The normalized spacial score (nSPS) is 18.8. The Labute approximate surface area is 91.5 Å². The lowest BCUT2D eigenvalue weighted by Gasteiger charge is -2.27. The molecule has 1 aromatic rings. The third-order valence-corrected chi connectivity index (χ3v) is 3.21. The Kier molecular flexibility index (Phi) is 3.41. The Morgan fingerprint density at radius 1 is 1.60 bits per heavy atom. The van der Waals surface area contributed by atoms with Crippen molar-refractivity contribution in [3.8, 4) is 0 Å². The summed E-state index contributed by atoms with van der Waals surface area (Å²) in [6, 6.07) is 0. The van der Waals surface area contributed by atoms with E-state index in [1.165, 1.54) is 19.3 Å². The lowest BCUT2D eigenvalue weighted by Crippen LogP contribution is -2.20. The molecule has 1 saturated carbocycles. The van der Waals surface area contributed by atoms with Gasteiger partial charge in [0, 0.05) is 25.5 Å². The molecule has 1 unspecified atom stereocenters. The van der Waals surface area contributed by atoms with E-state index in [0.29, 0.717) is 0 Å². The molecule has 0 spiro atoms. The third-order valence-electron chi connectivity index (χ3n) is 3.21. The number of hydrogen-bond donors (Lipinski definition) is 0. The fourth-order valence-corrected chi connectivity index (χ4v) is 2.11. The predicted molar refractivity (Wildman–Crippen MR) is 59.6 cm³/mol. The van der Waals surface area contributed by atoms with Gasteiger partial charge in [0.1, 0.15) is 11.9 Å². The quantitative estimate of drug-likeness (QED) is 0.744. The van der Waals surface area contributed by atoms with Gasteiger partial charge in [0.05, 0.1) is 0 Å². The summed E-state index contributed by atoms with van der Waals surface area (Å²) in [6.07, 6.45) is 8.22. The maximum absolute atomic E-state index is 5.58. The Morgan fingerprint density at radius 3 is 3.00 bits per heavy atom. The SMILES string of the molecule is CCOC(C)c1nccn1CC1CCC1. The van der Waals surface area contributed by atoms with E-state index in [1.54, 1.807) is 0 Å². The number of ether oxygens (including phenoxy) is 1. The molecule has 0 radical (unpaired) electrons. The van der Waals surface area contributed by atoms with Crippen LogP contribution in [-0.4, -0.2) is 16.2 Å². The second-order valence-corrected chi connectivity index (χ2v) is 4.33. The summed E-state index contributed by atoms with van der Waals surface area (Å²) in [5, 5.41) is 0. The minimum Gasteiger partial charge on any atom is -0.371 e. The standard InChI is InChI=1S/C12H20N2O/c1-3-15-10(2)12-13-7-8-14(12)9-11-5-4-6-11/h7-8,10-11H,3-6,9H2,1-2H3. The van der Waals surface area contributed by atoms with Crippen molar-refractivity contribution in [2.75, 3.05) is 6.61 Å². The average Bonchev–Trinajstić information content (AvgIpc) is 2.59. The molecule has 0 saturated heterocycles. The maximum atomic E-state index is 5.58. The smallest absolute Gasteiger partial charge is 0.137 e. The third kappa shape index (κ3) is 2.40. The van der Waals surface area contributed by atoms with Crippen LogP contribution < -0.4 is 0 Å². The highest BCUT2D eigenvalue weighted by Crippen LogP contribution is 2.29. The fraction of sp³-hybridized carbons (Fsp3) is 0.750. The van der Waals surface area contributed by atoms with Crippen LogP contribution in [-0.2, 0) is 11.3 Å². The molecule has 1 aliphatic rings. The van der Waals surface area contributed by atoms with Crippen LogP contribution >= 0.6 is 0 Å². The van der Waals surface area contributed by atoms with Gasteiger partial charge in [0.15, 0.2) is 0 Å². The molecule has 15 heavy (non-hydrogen) atoms. The van der Waals surface area contributed by atoms with Gasteiger partial charge in [-0.3, -0.25) is 0 Å². The highest BCUT2D eigenvalue weighted by molar-refractivity contribution is 4.96. The Morgan fingerprint density at radius 2 is 2.40 bits per heavy atom. The molecule has 0 N–H and O–H groups in total. The van der Waals surface area contributed by atoms with Crippen LogP contribution in [0.5, 0.6) is 0 Å². The van der Waals surface area contributed by atoms with Crippen LogP contribution in [0, 0.1) is 5.92 Å². The first-order chi connectivity index (χ1) is 7.31. The zero-order chi connectivity index (χ0) is 10.7. The number of imidazole rings is 1. The van der Waals surface area contributed by atoms with Gasteiger partial charge in [0.25, 0.3) is 0 Å². The fourth-order valence-electron chi connectivity index (χ4n) is 2.11. The van der Waals surface area contributed by atoms with Crippen LogP contribution in [0.15, 0.2) is 12.4 Å². The monoisotopic (exact) mass is 208 g/mol. The van der Waals surface area contributed by atoms with Gasteiger partial charge < -0.3 is 9.30 Å². The van der Waals surface area contributed by atoms with Gasteiger partial charge in [-0.15, -0.1) is 0 Å². The first-order valence-electron chi connectivity index (χ1n) is 5.94. The summed E-state index contributed by atoms with van der Waals surface area (Å²) in [4.78, 5) is 4.38. The minimum absolute atomic E-state index is 0.116. The molecule has 2 rings (SSSR count). The van der Waals surface area contributed by atoms with Crippen LogP contribution in [0.1, 0.15) is 45.0 Å². The molecule has 84 valence electrons. The number of aromatic nitrogens is 2.